The molecule has 2 aliphatic carbocycles. The molecular weight excluding hydrogens is 368 g/mol. The highest BCUT2D eigenvalue weighted by Gasteiger charge is 2.27. The molecule has 1 fully saturated rings. The van der Waals surface area contributed by atoms with Crippen molar-refractivity contribution in [2.75, 3.05) is 7.11 Å². The highest BCUT2D eigenvalue weighted by molar-refractivity contribution is 7.16. The van der Waals surface area contributed by atoms with Crippen LogP contribution in [-0.4, -0.2) is 25.3 Å². The fraction of sp³-hybridized carbons (Fsp3) is 0.478. The first kappa shape index (κ1) is 19.2. The van der Waals surface area contributed by atoms with E-state index in [1.807, 2.05) is 30.5 Å². The zero-order chi connectivity index (χ0) is 19.3. The number of nitrogens with zero attached hydrogens (tertiary/aromatic N) is 1. The third kappa shape index (κ3) is 4.30. The lowest BCUT2D eigenvalue weighted by atomic mass is 9.93. The van der Waals surface area contributed by atoms with Crippen LogP contribution in [0.3, 0.4) is 0 Å². The molecule has 0 atom stereocenters. The normalized spacial score (nSPS) is 17.5. The van der Waals surface area contributed by atoms with Crippen molar-refractivity contribution in [2.45, 2.75) is 63.8 Å². The summed E-state index contributed by atoms with van der Waals surface area (Å²) in [6.45, 7) is 0. The number of aliphatic imine (C=N–C) groups is 1. The lowest BCUT2D eigenvalue weighted by molar-refractivity contribution is 0.0927. The summed E-state index contributed by atoms with van der Waals surface area (Å²) in [5.74, 6) is 0.907. The Kier molecular flexibility index (Phi) is 6.10. The van der Waals surface area contributed by atoms with E-state index in [-0.39, 0.29) is 5.91 Å². The lowest BCUT2D eigenvalue weighted by Gasteiger charge is -2.23. The molecule has 1 N–H and O–H groups in total. The molecule has 1 saturated carbocycles. The summed E-state index contributed by atoms with van der Waals surface area (Å²) >= 11 is 1.70. The number of ether oxygens (including phenoxy) is 1. The summed E-state index contributed by atoms with van der Waals surface area (Å²) in [4.78, 5) is 19.3. The van der Waals surface area contributed by atoms with Gasteiger partial charge in [-0.05, 0) is 73.9 Å². The molecule has 2 aromatic rings. The van der Waals surface area contributed by atoms with Crippen molar-refractivity contribution < 1.29 is 9.53 Å². The minimum absolute atomic E-state index is 0.0770. The fourth-order valence-corrected chi connectivity index (χ4v) is 5.43. The van der Waals surface area contributed by atoms with Crippen LogP contribution in [0.25, 0.3) is 0 Å². The standard InChI is InChI=1S/C23H28N2O2S/c1-27-18-13-11-16(12-14-18)15-24-23-21(19-9-5-6-10-20(19)28-23)22(26)25-17-7-3-2-4-8-17/h11-15,17H,2-10H2,1H3,(H,25,26)/b24-15-. The minimum atomic E-state index is 0.0770. The average molecular weight is 397 g/mol. The first-order valence-corrected chi connectivity index (χ1v) is 11.2. The number of methoxy groups -OCH3 is 1. The van der Waals surface area contributed by atoms with Gasteiger partial charge in [-0.1, -0.05) is 19.3 Å². The molecule has 0 aliphatic heterocycles. The first-order chi connectivity index (χ1) is 13.7. The second-order valence-corrected chi connectivity index (χ2v) is 8.81. The Balaban J connectivity index is 1.59. The second-order valence-electron chi connectivity index (χ2n) is 7.73. The van der Waals surface area contributed by atoms with Crippen LogP contribution < -0.4 is 10.1 Å². The predicted molar refractivity (Wildman–Crippen MR) is 116 cm³/mol. The third-order valence-electron chi connectivity index (χ3n) is 5.77. The maximum Gasteiger partial charge on any atom is 0.254 e. The van der Waals surface area contributed by atoms with Gasteiger partial charge < -0.3 is 10.1 Å². The molecule has 5 heteroatoms. The van der Waals surface area contributed by atoms with Crippen molar-refractivity contribution >= 4 is 28.5 Å². The Morgan fingerprint density at radius 2 is 1.86 bits per heavy atom. The van der Waals surface area contributed by atoms with E-state index >= 15 is 0 Å². The number of carbonyl (C=O) groups is 1. The number of hydrogen-bond donors (Lipinski definition) is 1. The van der Waals surface area contributed by atoms with Crippen molar-refractivity contribution in [2.24, 2.45) is 4.99 Å². The Hall–Kier alpha value is -2.14. The molecule has 4 nitrogen and oxygen atoms in total. The van der Waals surface area contributed by atoms with Crippen LogP contribution in [0.4, 0.5) is 5.00 Å². The molecule has 0 saturated heterocycles. The number of amides is 1. The van der Waals surface area contributed by atoms with Gasteiger partial charge in [0.1, 0.15) is 10.8 Å². The summed E-state index contributed by atoms with van der Waals surface area (Å²) in [5.41, 5.74) is 3.08. The molecule has 2 aliphatic rings. The Morgan fingerprint density at radius 3 is 2.61 bits per heavy atom. The number of aryl methyl sites for hydroxylation is 1. The van der Waals surface area contributed by atoms with Gasteiger partial charge in [0.25, 0.3) is 5.91 Å². The van der Waals surface area contributed by atoms with Crippen LogP contribution >= 0.6 is 11.3 Å². The van der Waals surface area contributed by atoms with E-state index in [1.165, 1.54) is 36.1 Å². The van der Waals surface area contributed by atoms with Gasteiger partial charge in [-0.3, -0.25) is 4.79 Å². The SMILES string of the molecule is COc1ccc(/C=N\c2sc3c(c2C(=O)NC2CCCCC2)CCCC3)cc1. The van der Waals surface area contributed by atoms with Crippen LogP contribution in [0.2, 0.25) is 0 Å². The predicted octanol–water partition coefficient (Wildman–Crippen LogP) is 5.45. The fourth-order valence-electron chi connectivity index (χ4n) is 4.20. The molecule has 1 heterocycles. The molecule has 1 aromatic carbocycles. The zero-order valence-electron chi connectivity index (χ0n) is 16.5. The second kappa shape index (κ2) is 8.91. The number of rotatable bonds is 5. The minimum Gasteiger partial charge on any atom is -0.497 e. The Bertz CT molecular complexity index is 848. The monoisotopic (exact) mass is 396 g/mol. The van der Waals surface area contributed by atoms with Gasteiger partial charge in [-0.15, -0.1) is 11.3 Å². The number of carbonyl (C=O) groups excluding carboxylic acids is 1. The van der Waals surface area contributed by atoms with E-state index < -0.39 is 0 Å². The van der Waals surface area contributed by atoms with E-state index in [9.17, 15) is 4.79 Å². The van der Waals surface area contributed by atoms with Crippen molar-refractivity contribution in [1.29, 1.82) is 0 Å². The van der Waals surface area contributed by atoms with Crippen LogP contribution in [0, 0.1) is 0 Å². The summed E-state index contributed by atoms with van der Waals surface area (Å²) in [5, 5.41) is 4.16. The van der Waals surface area contributed by atoms with Gasteiger partial charge in [-0.25, -0.2) is 4.99 Å². The topological polar surface area (TPSA) is 50.7 Å². The molecular formula is C23H28N2O2S. The van der Waals surface area contributed by atoms with Crippen LogP contribution in [-0.2, 0) is 12.8 Å². The van der Waals surface area contributed by atoms with Gasteiger partial charge in [-0.2, -0.15) is 0 Å². The largest absolute Gasteiger partial charge is 0.497 e. The maximum atomic E-state index is 13.2. The number of nitrogens with one attached hydrogen (secondary N) is 1. The summed E-state index contributed by atoms with van der Waals surface area (Å²) in [6.07, 6.45) is 12.2. The first-order valence-electron chi connectivity index (χ1n) is 10.4. The maximum absolute atomic E-state index is 13.2. The molecule has 1 aromatic heterocycles. The van der Waals surface area contributed by atoms with Gasteiger partial charge in [0, 0.05) is 17.1 Å². The van der Waals surface area contributed by atoms with E-state index in [4.69, 9.17) is 9.73 Å². The van der Waals surface area contributed by atoms with Gasteiger partial charge in [0.15, 0.2) is 0 Å². The summed E-state index contributed by atoms with van der Waals surface area (Å²) < 4.78 is 5.21. The average Bonchev–Trinajstić information content (AvgIpc) is 3.12. The molecule has 4 rings (SSSR count). The van der Waals surface area contributed by atoms with Gasteiger partial charge >= 0.3 is 0 Å². The van der Waals surface area contributed by atoms with E-state index in [0.717, 1.165) is 54.0 Å². The molecule has 28 heavy (non-hydrogen) atoms. The van der Waals surface area contributed by atoms with Crippen LogP contribution in [0.5, 0.6) is 5.75 Å². The number of benzene rings is 1. The smallest absolute Gasteiger partial charge is 0.254 e. The van der Waals surface area contributed by atoms with Crippen LogP contribution in [0.15, 0.2) is 29.3 Å². The number of thiophene rings is 1. The molecule has 0 bridgehead atoms. The van der Waals surface area contributed by atoms with E-state index in [0.29, 0.717) is 6.04 Å². The summed E-state index contributed by atoms with van der Waals surface area (Å²) in [6, 6.07) is 8.14. The van der Waals surface area contributed by atoms with E-state index in [2.05, 4.69) is 5.32 Å². The Labute approximate surface area is 171 Å². The quantitative estimate of drug-likeness (QED) is 0.683. The number of hydrogen-bond acceptors (Lipinski definition) is 4. The van der Waals surface area contributed by atoms with Crippen molar-refractivity contribution in [3.05, 3.63) is 45.8 Å². The van der Waals surface area contributed by atoms with Crippen molar-refractivity contribution in [3.63, 3.8) is 0 Å². The van der Waals surface area contributed by atoms with Crippen molar-refractivity contribution in [3.8, 4) is 5.75 Å². The lowest BCUT2D eigenvalue weighted by Crippen LogP contribution is -2.36. The number of fused-ring (bicyclic) bond motifs is 1. The molecule has 0 spiro atoms. The molecule has 1 amide bonds. The van der Waals surface area contributed by atoms with E-state index in [1.54, 1.807) is 18.4 Å². The highest BCUT2D eigenvalue weighted by Crippen LogP contribution is 2.40. The molecule has 148 valence electrons. The molecule has 0 unspecified atom stereocenters. The molecule has 0 radical (unpaired) electrons. The third-order valence-corrected chi connectivity index (χ3v) is 6.97. The summed E-state index contributed by atoms with van der Waals surface area (Å²) in [7, 11) is 1.66. The zero-order valence-corrected chi connectivity index (χ0v) is 17.3. The Morgan fingerprint density at radius 1 is 1.11 bits per heavy atom. The van der Waals surface area contributed by atoms with Gasteiger partial charge in [0.05, 0.1) is 12.7 Å². The highest BCUT2D eigenvalue weighted by atomic mass is 32.1. The van der Waals surface area contributed by atoms with Gasteiger partial charge in [0.2, 0.25) is 0 Å². The van der Waals surface area contributed by atoms with Crippen molar-refractivity contribution in [1.82, 2.24) is 5.32 Å². The van der Waals surface area contributed by atoms with Crippen LogP contribution in [0.1, 0.15) is 71.3 Å².